The van der Waals surface area contributed by atoms with Crippen molar-refractivity contribution in [1.82, 2.24) is 10.1 Å². The van der Waals surface area contributed by atoms with Gasteiger partial charge in [0.2, 0.25) is 0 Å². The van der Waals surface area contributed by atoms with Gasteiger partial charge in [-0.2, -0.15) is 5.06 Å². The Kier molecular flexibility index (Phi) is 5.86. The largest absolute Gasteiger partial charge is 0.509 e. The van der Waals surface area contributed by atoms with Crippen molar-refractivity contribution in [3.8, 4) is 0 Å². The van der Waals surface area contributed by atoms with E-state index in [1.807, 2.05) is 44.0 Å². The van der Waals surface area contributed by atoms with Gasteiger partial charge in [0.25, 0.3) is 5.91 Å². The summed E-state index contributed by atoms with van der Waals surface area (Å²) in [5, 5.41) is 14.3. The predicted octanol–water partition coefficient (Wildman–Crippen LogP) is 2.74. The molecule has 7 nitrogen and oxygen atoms in total. The molecule has 27 heavy (non-hydrogen) atoms. The van der Waals surface area contributed by atoms with Crippen LogP contribution >= 0.6 is 0 Å². The van der Waals surface area contributed by atoms with Gasteiger partial charge in [0.15, 0.2) is 6.79 Å². The molecule has 0 radical (unpaired) electrons. The van der Waals surface area contributed by atoms with Gasteiger partial charge in [0.05, 0.1) is 12.7 Å². The van der Waals surface area contributed by atoms with Crippen molar-refractivity contribution in [3.05, 3.63) is 40.6 Å². The topological polar surface area (TPSA) is 71.5 Å². The number of carbonyl (C=O) groups is 1. The smallest absolute Gasteiger partial charge is 0.282 e. The zero-order valence-corrected chi connectivity index (χ0v) is 16.4. The van der Waals surface area contributed by atoms with Crippen LogP contribution < -0.4 is 0 Å². The van der Waals surface area contributed by atoms with Gasteiger partial charge in [0.1, 0.15) is 11.3 Å². The number of hydrogen-bond donors (Lipinski definition) is 1. The van der Waals surface area contributed by atoms with Crippen molar-refractivity contribution in [2.24, 2.45) is 0 Å². The highest BCUT2D eigenvalue weighted by Crippen LogP contribution is 2.45. The number of ether oxygens (including phenoxy) is 1. The average Bonchev–Trinajstić information content (AvgIpc) is 2.84. The lowest BCUT2D eigenvalue weighted by Crippen LogP contribution is -2.55. The molecule has 1 saturated heterocycles. The van der Waals surface area contributed by atoms with Gasteiger partial charge >= 0.3 is 0 Å². The Morgan fingerprint density at radius 3 is 2.52 bits per heavy atom. The standard InChI is InChI=1S/C20H28N2O5/c1-5-26-13-27-22-19(24)17(16-7-6-14(2)12-15(16)3)18(23)20(22)8-10-21(25-4)11-9-20/h6-7,12,23H,5,8-11,13H2,1-4H3. The molecule has 1 amide bonds. The van der Waals surface area contributed by atoms with Crippen LogP contribution in [0.4, 0.5) is 0 Å². The fraction of sp³-hybridized carbons (Fsp3) is 0.550. The quantitative estimate of drug-likeness (QED) is 0.608. The highest BCUT2D eigenvalue weighted by atomic mass is 16.8. The highest BCUT2D eigenvalue weighted by Gasteiger charge is 2.55. The van der Waals surface area contributed by atoms with Crippen molar-refractivity contribution in [2.75, 3.05) is 33.6 Å². The molecular weight excluding hydrogens is 348 g/mol. The maximum Gasteiger partial charge on any atom is 0.282 e. The molecule has 1 spiro atoms. The summed E-state index contributed by atoms with van der Waals surface area (Å²) in [6, 6.07) is 5.84. The van der Waals surface area contributed by atoms with Crippen LogP contribution in [0, 0.1) is 13.8 Å². The number of amides is 1. The summed E-state index contributed by atoms with van der Waals surface area (Å²) < 4.78 is 5.28. The third kappa shape index (κ3) is 3.48. The molecule has 1 fully saturated rings. The van der Waals surface area contributed by atoms with Crippen molar-refractivity contribution >= 4 is 11.5 Å². The second-order valence-corrected chi connectivity index (χ2v) is 7.02. The number of carbonyl (C=O) groups excluding carboxylic acids is 1. The number of rotatable bonds is 6. The van der Waals surface area contributed by atoms with E-state index in [4.69, 9.17) is 14.4 Å². The van der Waals surface area contributed by atoms with Crippen molar-refractivity contribution in [1.29, 1.82) is 0 Å². The summed E-state index contributed by atoms with van der Waals surface area (Å²) in [4.78, 5) is 24.3. The van der Waals surface area contributed by atoms with E-state index in [1.54, 1.807) is 7.11 Å². The minimum atomic E-state index is -0.893. The van der Waals surface area contributed by atoms with Gasteiger partial charge < -0.3 is 14.7 Å². The van der Waals surface area contributed by atoms with E-state index in [9.17, 15) is 9.90 Å². The molecule has 1 aromatic carbocycles. The lowest BCUT2D eigenvalue weighted by atomic mass is 9.85. The fourth-order valence-corrected chi connectivity index (χ4v) is 3.90. The van der Waals surface area contributed by atoms with Gasteiger partial charge in [-0.1, -0.05) is 23.8 Å². The maximum atomic E-state index is 13.3. The zero-order chi connectivity index (χ0) is 19.6. The number of aryl methyl sites for hydroxylation is 2. The number of aliphatic hydroxyl groups excluding tert-OH is 1. The Morgan fingerprint density at radius 2 is 1.93 bits per heavy atom. The number of hydroxylamine groups is 4. The molecule has 0 atom stereocenters. The van der Waals surface area contributed by atoms with Crippen LogP contribution in [0.1, 0.15) is 36.5 Å². The molecule has 0 bridgehead atoms. The van der Waals surface area contributed by atoms with Crippen molar-refractivity contribution < 1.29 is 24.3 Å². The van der Waals surface area contributed by atoms with Gasteiger partial charge in [-0.3, -0.25) is 4.79 Å². The zero-order valence-electron chi connectivity index (χ0n) is 16.4. The van der Waals surface area contributed by atoms with Crippen LogP contribution in [-0.2, 0) is 19.2 Å². The summed E-state index contributed by atoms with van der Waals surface area (Å²) in [6.45, 7) is 7.42. The maximum absolute atomic E-state index is 13.3. The van der Waals surface area contributed by atoms with Gasteiger partial charge in [0, 0.05) is 19.7 Å². The summed E-state index contributed by atoms with van der Waals surface area (Å²) in [6.07, 6.45) is 1.03. The van der Waals surface area contributed by atoms with E-state index in [0.717, 1.165) is 16.7 Å². The molecule has 0 saturated carbocycles. The van der Waals surface area contributed by atoms with E-state index >= 15 is 0 Å². The predicted molar refractivity (Wildman–Crippen MR) is 100 cm³/mol. The lowest BCUT2D eigenvalue weighted by Gasteiger charge is -2.42. The summed E-state index contributed by atoms with van der Waals surface area (Å²) in [5.74, 6) is -0.253. The minimum absolute atomic E-state index is 0.0363. The Hall–Kier alpha value is -1.93. The number of hydrogen-bond acceptors (Lipinski definition) is 6. The first-order valence-electron chi connectivity index (χ1n) is 9.30. The highest BCUT2D eigenvalue weighted by molar-refractivity contribution is 6.23. The minimum Gasteiger partial charge on any atom is -0.509 e. The van der Waals surface area contributed by atoms with Crippen LogP contribution in [0.15, 0.2) is 24.0 Å². The summed E-state index contributed by atoms with van der Waals surface area (Å²) in [5.41, 5.74) is 2.21. The summed E-state index contributed by atoms with van der Waals surface area (Å²) in [7, 11) is 1.62. The number of aliphatic hydroxyl groups is 1. The Balaban J connectivity index is 2.01. The second kappa shape index (κ2) is 7.98. The Bertz CT molecular complexity index is 738. The molecule has 2 heterocycles. The number of nitrogens with zero attached hydrogens (tertiary/aromatic N) is 2. The first-order chi connectivity index (χ1) is 12.9. The molecule has 3 rings (SSSR count). The average molecular weight is 376 g/mol. The first-order valence-corrected chi connectivity index (χ1v) is 9.30. The molecule has 0 unspecified atom stereocenters. The van der Waals surface area contributed by atoms with Gasteiger partial charge in [-0.25, -0.2) is 9.90 Å². The molecule has 7 heteroatoms. The van der Waals surface area contributed by atoms with Crippen molar-refractivity contribution in [3.63, 3.8) is 0 Å². The molecule has 1 N–H and O–H groups in total. The first kappa shape index (κ1) is 19.8. The van der Waals surface area contributed by atoms with E-state index in [0.29, 0.717) is 38.1 Å². The Morgan fingerprint density at radius 1 is 1.22 bits per heavy atom. The third-order valence-corrected chi connectivity index (χ3v) is 5.39. The van der Waals surface area contributed by atoms with E-state index in [1.165, 1.54) is 5.06 Å². The fourth-order valence-electron chi connectivity index (χ4n) is 3.90. The lowest BCUT2D eigenvalue weighted by molar-refractivity contribution is -0.263. The summed E-state index contributed by atoms with van der Waals surface area (Å²) >= 11 is 0. The molecule has 0 aliphatic carbocycles. The van der Waals surface area contributed by atoms with Crippen LogP contribution in [0.3, 0.4) is 0 Å². The van der Waals surface area contributed by atoms with Crippen LogP contribution in [-0.4, -0.2) is 60.3 Å². The molecule has 1 aromatic rings. The van der Waals surface area contributed by atoms with Crippen LogP contribution in [0.25, 0.3) is 5.57 Å². The number of benzene rings is 1. The van der Waals surface area contributed by atoms with Gasteiger partial charge in [-0.15, -0.1) is 0 Å². The second-order valence-electron chi connectivity index (χ2n) is 7.02. The van der Waals surface area contributed by atoms with Gasteiger partial charge in [-0.05, 0) is 44.7 Å². The molecule has 0 aromatic heterocycles. The normalized spacial score (nSPS) is 20.1. The third-order valence-electron chi connectivity index (χ3n) is 5.39. The van der Waals surface area contributed by atoms with E-state index in [2.05, 4.69) is 0 Å². The number of piperidine rings is 1. The monoisotopic (exact) mass is 376 g/mol. The van der Waals surface area contributed by atoms with Crippen LogP contribution in [0.2, 0.25) is 0 Å². The SMILES string of the molecule is CCOCON1C(=O)C(c2ccc(C)cc2C)=C(O)C12CCN(OC)CC2. The van der Waals surface area contributed by atoms with Crippen LogP contribution in [0.5, 0.6) is 0 Å². The van der Waals surface area contributed by atoms with E-state index in [-0.39, 0.29) is 18.5 Å². The van der Waals surface area contributed by atoms with Crippen molar-refractivity contribution in [2.45, 2.75) is 39.2 Å². The molecule has 2 aliphatic heterocycles. The molecule has 148 valence electrons. The molecular formula is C20H28N2O5. The Labute approximate surface area is 160 Å². The molecule has 2 aliphatic rings. The van der Waals surface area contributed by atoms with E-state index < -0.39 is 5.54 Å².